The Labute approximate surface area is 232 Å². The Kier molecular flexibility index (Phi) is 7.00. The molecule has 1 amide bonds. The normalized spacial score (nSPS) is 14.4. The Hall–Kier alpha value is -3.84. The minimum atomic E-state index is -0.151. The minimum absolute atomic E-state index is 0.0962. The zero-order chi connectivity index (χ0) is 26.9. The van der Waals surface area contributed by atoms with Crippen LogP contribution in [0.4, 0.5) is 0 Å². The first-order valence-electron chi connectivity index (χ1n) is 13.5. The van der Waals surface area contributed by atoms with Crippen LogP contribution in [0.15, 0.2) is 82.7 Å². The lowest BCUT2D eigenvalue weighted by molar-refractivity contribution is -0.129. The summed E-state index contributed by atoms with van der Waals surface area (Å²) >= 11 is 1.35. The number of nitrogens with one attached hydrogen (secondary N) is 1. The summed E-state index contributed by atoms with van der Waals surface area (Å²) in [6.07, 6.45) is 3.09. The van der Waals surface area contributed by atoms with Crippen molar-refractivity contribution in [1.29, 1.82) is 0 Å². The number of carbonyl (C=O) groups is 1. The molecule has 0 saturated carbocycles. The highest BCUT2D eigenvalue weighted by Crippen LogP contribution is 2.28. The van der Waals surface area contributed by atoms with E-state index in [2.05, 4.69) is 29.2 Å². The van der Waals surface area contributed by atoms with E-state index in [1.54, 1.807) is 4.57 Å². The molecule has 3 aromatic carbocycles. The number of hydrogen-bond acceptors (Lipinski definition) is 4. The average Bonchev–Trinajstić information content (AvgIpc) is 3.33. The Bertz CT molecular complexity index is 1720. The first kappa shape index (κ1) is 25.4. The summed E-state index contributed by atoms with van der Waals surface area (Å²) in [5.74, 6) is 0.942. The number of thioether (sulfide) groups is 1. The molecule has 7 heteroatoms. The standard InChI is InChI=1S/C32H32N4O2S/c1-21-12-13-22(2)27(18-21)36-31(38)30-29(25-10-6-7-11-26(25)33-30)34-32(36)39-20-28(37)35-16-14-24(15-17-35)19-23-8-4-3-5-9-23/h3-13,18,24,33H,14-17,19-20H2,1-2H3. The fourth-order valence-electron chi connectivity index (χ4n) is 5.56. The van der Waals surface area contributed by atoms with E-state index in [-0.39, 0.29) is 17.2 Å². The molecule has 0 aliphatic carbocycles. The number of benzene rings is 3. The van der Waals surface area contributed by atoms with Crippen molar-refractivity contribution in [2.45, 2.75) is 38.3 Å². The first-order chi connectivity index (χ1) is 19.0. The number of amides is 1. The van der Waals surface area contributed by atoms with Crippen molar-refractivity contribution in [3.8, 4) is 5.69 Å². The predicted molar refractivity (Wildman–Crippen MR) is 159 cm³/mol. The molecule has 2 aromatic heterocycles. The maximum atomic E-state index is 13.9. The van der Waals surface area contributed by atoms with Gasteiger partial charge in [-0.15, -0.1) is 0 Å². The molecule has 6 nitrogen and oxygen atoms in total. The maximum Gasteiger partial charge on any atom is 0.283 e. The largest absolute Gasteiger partial charge is 0.349 e. The third-order valence-electron chi connectivity index (χ3n) is 7.76. The second-order valence-electron chi connectivity index (χ2n) is 10.5. The van der Waals surface area contributed by atoms with Crippen molar-refractivity contribution in [3.63, 3.8) is 0 Å². The molecule has 198 valence electrons. The summed E-state index contributed by atoms with van der Waals surface area (Å²) in [5, 5.41) is 1.45. The summed E-state index contributed by atoms with van der Waals surface area (Å²) in [4.78, 5) is 37.4. The topological polar surface area (TPSA) is 71.0 Å². The summed E-state index contributed by atoms with van der Waals surface area (Å²) in [6, 6.07) is 24.5. The van der Waals surface area contributed by atoms with Gasteiger partial charge in [-0.2, -0.15) is 0 Å². The number of likely N-dealkylation sites (tertiary alicyclic amines) is 1. The molecular weight excluding hydrogens is 504 g/mol. The van der Waals surface area contributed by atoms with Crippen molar-refractivity contribution in [3.05, 3.63) is 99.8 Å². The van der Waals surface area contributed by atoms with Crippen molar-refractivity contribution < 1.29 is 4.79 Å². The highest BCUT2D eigenvalue weighted by atomic mass is 32.2. The number of aryl methyl sites for hydroxylation is 2. The third kappa shape index (κ3) is 5.11. The lowest BCUT2D eigenvalue weighted by atomic mass is 9.90. The van der Waals surface area contributed by atoms with Crippen LogP contribution in [0.25, 0.3) is 27.6 Å². The van der Waals surface area contributed by atoms with Crippen LogP contribution in [0.5, 0.6) is 0 Å². The van der Waals surface area contributed by atoms with E-state index >= 15 is 0 Å². The van der Waals surface area contributed by atoms with Gasteiger partial charge in [-0.25, -0.2) is 4.98 Å². The predicted octanol–water partition coefficient (Wildman–Crippen LogP) is 6.06. The number of fused-ring (bicyclic) bond motifs is 3. The molecule has 0 bridgehead atoms. The lowest BCUT2D eigenvalue weighted by Crippen LogP contribution is -2.40. The third-order valence-corrected chi connectivity index (χ3v) is 8.68. The molecule has 1 saturated heterocycles. The van der Waals surface area contributed by atoms with Gasteiger partial charge in [0.05, 0.1) is 11.4 Å². The van der Waals surface area contributed by atoms with E-state index in [9.17, 15) is 9.59 Å². The van der Waals surface area contributed by atoms with E-state index in [1.807, 2.05) is 67.3 Å². The SMILES string of the molecule is Cc1ccc(C)c(-n2c(SCC(=O)N3CCC(Cc4ccccc4)CC3)nc3c([nH]c4ccccc43)c2=O)c1. The second-order valence-corrected chi connectivity index (χ2v) is 11.5. The molecule has 5 aromatic rings. The number of nitrogens with zero attached hydrogens (tertiary/aromatic N) is 3. The monoisotopic (exact) mass is 536 g/mol. The number of aromatic nitrogens is 3. The Balaban J connectivity index is 1.26. The van der Waals surface area contributed by atoms with E-state index in [4.69, 9.17) is 4.98 Å². The highest BCUT2D eigenvalue weighted by Gasteiger charge is 2.24. The molecule has 1 aliphatic rings. The average molecular weight is 537 g/mol. The Morgan fingerprint density at radius 2 is 1.74 bits per heavy atom. The van der Waals surface area contributed by atoms with Gasteiger partial charge in [-0.1, -0.05) is 72.4 Å². The fourth-order valence-corrected chi connectivity index (χ4v) is 6.46. The van der Waals surface area contributed by atoms with Crippen molar-refractivity contribution in [2.75, 3.05) is 18.8 Å². The summed E-state index contributed by atoms with van der Waals surface area (Å²) in [5.41, 5.74) is 6.05. The summed E-state index contributed by atoms with van der Waals surface area (Å²) in [7, 11) is 0. The van der Waals surface area contributed by atoms with Gasteiger partial charge in [0.1, 0.15) is 11.0 Å². The summed E-state index contributed by atoms with van der Waals surface area (Å²) in [6.45, 7) is 5.56. The van der Waals surface area contributed by atoms with Crippen molar-refractivity contribution in [1.82, 2.24) is 19.4 Å². The molecule has 0 unspecified atom stereocenters. The molecule has 39 heavy (non-hydrogen) atoms. The number of para-hydroxylation sites is 1. The maximum absolute atomic E-state index is 13.9. The molecule has 1 aliphatic heterocycles. The number of rotatable bonds is 6. The van der Waals surface area contributed by atoms with Gasteiger partial charge in [-0.3, -0.25) is 14.2 Å². The first-order valence-corrected chi connectivity index (χ1v) is 14.5. The van der Waals surface area contributed by atoms with Crippen molar-refractivity contribution in [2.24, 2.45) is 5.92 Å². The van der Waals surface area contributed by atoms with Gasteiger partial charge in [0.2, 0.25) is 5.91 Å². The highest BCUT2D eigenvalue weighted by molar-refractivity contribution is 7.99. The Morgan fingerprint density at radius 3 is 2.54 bits per heavy atom. The van der Waals surface area contributed by atoms with E-state index < -0.39 is 0 Å². The summed E-state index contributed by atoms with van der Waals surface area (Å²) < 4.78 is 1.67. The number of aromatic amines is 1. The van der Waals surface area contributed by atoms with Crippen LogP contribution in [0.3, 0.4) is 0 Å². The molecule has 0 spiro atoms. The van der Waals surface area contributed by atoms with Crippen LogP contribution < -0.4 is 5.56 Å². The van der Waals surface area contributed by atoms with Crippen LogP contribution in [-0.4, -0.2) is 44.2 Å². The molecular formula is C32H32N4O2S. The number of piperidine rings is 1. The molecule has 0 atom stereocenters. The van der Waals surface area contributed by atoms with Crippen LogP contribution in [0.2, 0.25) is 0 Å². The molecule has 3 heterocycles. The Morgan fingerprint density at radius 1 is 1.00 bits per heavy atom. The van der Waals surface area contributed by atoms with E-state index in [0.717, 1.165) is 60.1 Å². The zero-order valence-electron chi connectivity index (χ0n) is 22.3. The smallest absolute Gasteiger partial charge is 0.283 e. The van der Waals surface area contributed by atoms with Gasteiger partial charge in [0.15, 0.2) is 5.16 Å². The molecule has 1 N–H and O–H groups in total. The fraction of sp³-hybridized carbons (Fsp3) is 0.281. The van der Waals surface area contributed by atoms with E-state index in [0.29, 0.717) is 22.1 Å². The zero-order valence-corrected chi connectivity index (χ0v) is 23.1. The van der Waals surface area contributed by atoms with Gasteiger partial charge in [0.25, 0.3) is 5.56 Å². The number of H-pyrrole nitrogens is 1. The number of hydrogen-bond donors (Lipinski definition) is 1. The minimum Gasteiger partial charge on any atom is -0.349 e. The lowest BCUT2D eigenvalue weighted by Gasteiger charge is -2.32. The van der Waals surface area contributed by atoms with Gasteiger partial charge in [0, 0.05) is 24.0 Å². The van der Waals surface area contributed by atoms with Gasteiger partial charge < -0.3 is 9.88 Å². The second kappa shape index (κ2) is 10.7. The van der Waals surface area contributed by atoms with E-state index in [1.165, 1.54) is 17.3 Å². The van der Waals surface area contributed by atoms with Gasteiger partial charge >= 0.3 is 0 Å². The van der Waals surface area contributed by atoms with Crippen LogP contribution in [0, 0.1) is 19.8 Å². The van der Waals surface area contributed by atoms with Crippen LogP contribution in [-0.2, 0) is 11.2 Å². The number of carbonyl (C=O) groups excluding carboxylic acids is 1. The quantitative estimate of drug-likeness (QED) is 0.212. The molecule has 1 fully saturated rings. The van der Waals surface area contributed by atoms with Crippen LogP contribution >= 0.6 is 11.8 Å². The van der Waals surface area contributed by atoms with Crippen LogP contribution in [0.1, 0.15) is 29.5 Å². The van der Waals surface area contributed by atoms with Crippen molar-refractivity contribution >= 4 is 39.6 Å². The van der Waals surface area contributed by atoms with Gasteiger partial charge in [-0.05, 0) is 67.9 Å². The molecule has 0 radical (unpaired) electrons. The molecule has 6 rings (SSSR count).